The fraction of sp³-hybridized carbons (Fsp3) is 0.385. The zero-order chi connectivity index (χ0) is 15.1. The van der Waals surface area contributed by atoms with Crippen LogP contribution in [-0.2, 0) is 4.79 Å². The molecule has 0 aromatic heterocycles. The number of nitrogens with one attached hydrogen (secondary N) is 3. The number of thiocarbonyl (C=S) groups is 1. The Morgan fingerprint density at radius 2 is 2.10 bits per heavy atom. The van der Waals surface area contributed by atoms with Gasteiger partial charge in [-0.1, -0.05) is 19.4 Å². The molecule has 0 spiro atoms. The molecule has 7 heteroatoms. The molecule has 110 valence electrons. The van der Waals surface area contributed by atoms with Gasteiger partial charge in [-0.2, -0.15) is 0 Å². The van der Waals surface area contributed by atoms with Crippen molar-refractivity contribution in [2.24, 2.45) is 0 Å². The lowest BCUT2D eigenvalue weighted by molar-refractivity contribution is -0.121. The predicted molar refractivity (Wildman–Crippen MR) is 85.9 cm³/mol. The normalized spacial score (nSPS) is 10.0. The zero-order valence-electron chi connectivity index (χ0n) is 11.3. The van der Waals surface area contributed by atoms with Gasteiger partial charge in [-0.3, -0.25) is 15.6 Å². The fourth-order valence-corrected chi connectivity index (χ4v) is 2.00. The van der Waals surface area contributed by atoms with E-state index in [1.165, 1.54) is 0 Å². The lowest BCUT2D eigenvalue weighted by Gasteiger charge is -2.14. The largest absolute Gasteiger partial charge is 0.328 e. The first-order valence-corrected chi connectivity index (χ1v) is 7.46. The number of halogens is 2. The Bertz CT molecular complexity index is 511. The summed E-state index contributed by atoms with van der Waals surface area (Å²) in [6.07, 6.45) is 2.18. The lowest BCUT2D eigenvalue weighted by atomic mass is 10.2. The highest BCUT2D eigenvalue weighted by Crippen LogP contribution is 2.27. The summed E-state index contributed by atoms with van der Waals surface area (Å²) in [5.74, 6) is -0.541. The van der Waals surface area contributed by atoms with E-state index in [1.54, 1.807) is 19.1 Å². The molecule has 0 saturated heterocycles. The van der Waals surface area contributed by atoms with E-state index in [0.29, 0.717) is 16.5 Å². The van der Waals surface area contributed by atoms with Crippen LogP contribution in [0.5, 0.6) is 0 Å². The van der Waals surface area contributed by atoms with E-state index in [-0.39, 0.29) is 22.5 Å². The van der Waals surface area contributed by atoms with Crippen molar-refractivity contribution < 1.29 is 9.18 Å². The molecule has 0 aliphatic rings. The SMILES string of the molecule is CCCCC(=O)NNC(=S)Nc1c(Br)ccc(C)c1F. The average molecular weight is 362 g/mol. The molecule has 1 aromatic carbocycles. The minimum atomic E-state index is -0.388. The molecule has 1 rings (SSSR count). The van der Waals surface area contributed by atoms with E-state index < -0.39 is 0 Å². The minimum absolute atomic E-state index is 0.125. The molecule has 0 radical (unpaired) electrons. The van der Waals surface area contributed by atoms with E-state index in [0.717, 1.165) is 12.8 Å². The molecule has 20 heavy (non-hydrogen) atoms. The van der Waals surface area contributed by atoms with Gasteiger partial charge in [0.2, 0.25) is 5.91 Å². The van der Waals surface area contributed by atoms with Gasteiger partial charge in [0.15, 0.2) is 10.9 Å². The number of carbonyl (C=O) groups excluding carboxylic acids is 1. The fourth-order valence-electron chi connectivity index (χ4n) is 1.44. The third kappa shape index (κ3) is 5.05. The average Bonchev–Trinajstić information content (AvgIpc) is 2.43. The van der Waals surface area contributed by atoms with Gasteiger partial charge in [0.1, 0.15) is 0 Å². The van der Waals surface area contributed by atoms with Crippen molar-refractivity contribution in [3.05, 3.63) is 28.0 Å². The molecule has 1 aromatic rings. The van der Waals surface area contributed by atoms with Crippen molar-refractivity contribution in [2.75, 3.05) is 5.32 Å². The molecule has 0 aliphatic heterocycles. The van der Waals surface area contributed by atoms with Crippen LogP contribution in [0.4, 0.5) is 10.1 Å². The van der Waals surface area contributed by atoms with Gasteiger partial charge in [0, 0.05) is 10.9 Å². The Morgan fingerprint density at radius 1 is 1.40 bits per heavy atom. The number of hydrogen-bond acceptors (Lipinski definition) is 2. The van der Waals surface area contributed by atoms with Crippen molar-refractivity contribution in [1.29, 1.82) is 0 Å². The standard InChI is InChI=1S/C13H17BrFN3OS/c1-3-4-5-10(19)17-18-13(20)16-12-9(14)7-6-8(2)11(12)15/h6-7H,3-5H2,1-2H3,(H,17,19)(H2,16,18,20). The van der Waals surface area contributed by atoms with Crippen LogP contribution in [0, 0.1) is 12.7 Å². The van der Waals surface area contributed by atoms with Crippen LogP contribution < -0.4 is 16.2 Å². The molecule has 0 saturated carbocycles. The number of amides is 1. The van der Waals surface area contributed by atoms with Gasteiger partial charge >= 0.3 is 0 Å². The molecule has 0 atom stereocenters. The number of benzene rings is 1. The summed E-state index contributed by atoms with van der Waals surface area (Å²) in [5.41, 5.74) is 5.75. The molecular formula is C13H17BrFN3OS. The van der Waals surface area contributed by atoms with E-state index in [1.807, 2.05) is 6.92 Å². The van der Waals surface area contributed by atoms with Crippen LogP contribution in [-0.4, -0.2) is 11.0 Å². The molecule has 1 amide bonds. The van der Waals surface area contributed by atoms with Crippen LogP contribution in [0.2, 0.25) is 0 Å². The number of carbonyl (C=O) groups is 1. The van der Waals surface area contributed by atoms with Crippen molar-refractivity contribution >= 4 is 44.9 Å². The molecule has 3 N–H and O–H groups in total. The summed E-state index contributed by atoms with van der Waals surface area (Å²) < 4.78 is 14.5. The minimum Gasteiger partial charge on any atom is -0.328 e. The second kappa shape index (κ2) is 8.16. The van der Waals surface area contributed by atoms with Crippen LogP contribution in [0.25, 0.3) is 0 Å². The first-order valence-electron chi connectivity index (χ1n) is 6.26. The van der Waals surface area contributed by atoms with E-state index in [9.17, 15) is 9.18 Å². The molecule has 0 fully saturated rings. The monoisotopic (exact) mass is 361 g/mol. The summed E-state index contributed by atoms with van der Waals surface area (Å²) in [4.78, 5) is 11.4. The van der Waals surface area contributed by atoms with Crippen LogP contribution >= 0.6 is 28.1 Å². The second-order valence-electron chi connectivity index (χ2n) is 4.28. The summed E-state index contributed by atoms with van der Waals surface area (Å²) >= 11 is 8.25. The van der Waals surface area contributed by atoms with Gasteiger partial charge in [0.25, 0.3) is 0 Å². The molecule has 0 bridgehead atoms. The summed E-state index contributed by atoms with van der Waals surface area (Å²) in [5, 5.41) is 2.84. The van der Waals surface area contributed by atoms with Crippen molar-refractivity contribution in [3.8, 4) is 0 Å². The summed E-state index contributed by atoms with van der Waals surface area (Å²) in [6, 6.07) is 3.39. The van der Waals surface area contributed by atoms with Crippen LogP contribution in [0.1, 0.15) is 31.7 Å². The topological polar surface area (TPSA) is 53.2 Å². The number of aryl methyl sites for hydroxylation is 1. The third-order valence-corrected chi connectivity index (χ3v) is 3.46. The van der Waals surface area contributed by atoms with Gasteiger partial charge in [-0.25, -0.2) is 4.39 Å². The number of hydrazine groups is 1. The predicted octanol–water partition coefficient (Wildman–Crippen LogP) is 3.40. The molecule has 0 heterocycles. The molecule has 0 aliphatic carbocycles. The molecule has 0 unspecified atom stereocenters. The van der Waals surface area contributed by atoms with Gasteiger partial charge in [0.05, 0.1) is 5.69 Å². The third-order valence-electron chi connectivity index (χ3n) is 2.60. The zero-order valence-corrected chi connectivity index (χ0v) is 13.8. The number of unbranched alkanes of at least 4 members (excludes halogenated alkanes) is 1. The maximum atomic E-state index is 13.9. The van der Waals surface area contributed by atoms with E-state index in [4.69, 9.17) is 12.2 Å². The first kappa shape index (κ1) is 16.8. The van der Waals surface area contributed by atoms with Crippen molar-refractivity contribution in [1.82, 2.24) is 10.9 Å². The maximum Gasteiger partial charge on any atom is 0.238 e. The van der Waals surface area contributed by atoms with Crippen molar-refractivity contribution in [2.45, 2.75) is 33.1 Å². The first-order chi connectivity index (χ1) is 9.45. The highest BCUT2D eigenvalue weighted by molar-refractivity contribution is 9.10. The number of rotatable bonds is 4. The maximum absolute atomic E-state index is 13.9. The highest BCUT2D eigenvalue weighted by Gasteiger charge is 2.11. The summed E-state index contributed by atoms with van der Waals surface area (Å²) in [7, 11) is 0. The Morgan fingerprint density at radius 3 is 2.75 bits per heavy atom. The lowest BCUT2D eigenvalue weighted by Crippen LogP contribution is -2.43. The smallest absolute Gasteiger partial charge is 0.238 e. The van der Waals surface area contributed by atoms with E-state index in [2.05, 4.69) is 32.1 Å². The Hall–Kier alpha value is -1.21. The Kier molecular flexibility index (Phi) is 6.87. The van der Waals surface area contributed by atoms with Gasteiger partial charge in [-0.05, 0) is 53.1 Å². The Balaban J connectivity index is 2.55. The van der Waals surface area contributed by atoms with Crippen LogP contribution in [0.15, 0.2) is 16.6 Å². The van der Waals surface area contributed by atoms with Gasteiger partial charge < -0.3 is 5.32 Å². The van der Waals surface area contributed by atoms with Crippen LogP contribution in [0.3, 0.4) is 0 Å². The quantitative estimate of drug-likeness (QED) is 0.568. The molecule has 4 nitrogen and oxygen atoms in total. The number of hydrogen-bond donors (Lipinski definition) is 3. The van der Waals surface area contributed by atoms with E-state index >= 15 is 0 Å². The Labute approximate surface area is 131 Å². The number of anilines is 1. The highest BCUT2D eigenvalue weighted by atomic mass is 79.9. The van der Waals surface area contributed by atoms with Gasteiger partial charge in [-0.15, -0.1) is 0 Å². The second-order valence-corrected chi connectivity index (χ2v) is 5.55. The molecular weight excluding hydrogens is 345 g/mol. The van der Waals surface area contributed by atoms with Crippen molar-refractivity contribution in [3.63, 3.8) is 0 Å². The summed E-state index contributed by atoms with van der Waals surface area (Å²) in [6.45, 7) is 3.67.